The third kappa shape index (κ3) is 5.38. The Labute approximate surface area is 127 Å². The van der Waals surface area contributed by atoms with Crippen molar-refractivity contribution >= 4 is 23.7 Å². The molecule has 1 aromatic carbocycles. The zero-order valence-electron chi connectivity index (χ0n) is 11.7. The maximum atomic E-state index is 13.4. The molecule has 1 aliphatic carbocycles. The summed E-state index contributed by atoms with van der Waals surface area (Å²) < 4.78 is 13.4. The molecule has 0 heterocycles. The molecular weight excluding hydrogens is 291 g/mol. The zero-order valence-corrected chi connectivity index (χ0v) is 12.5. The number of hydrogen-bond donors (Lipinski definition) is 2. The molecule has 0 atom stereocenters. The summed E-state index contributed by atoms with van der Waals surface area (Å²) in [6.45, 7) is 0. The number of urea groups is 1. The highest BCUT2D eigenvalue weighted by molar-refractivity contribution is 8.00. The number of amides is 3. The van der Waals surface area contributed by atoms with E-state index in [1.807, 2.05) is 0 Å². The second-order valence-corrected chi connectivity index (χ2v) is 6.09. The van der Waals surface area contributed by atoms with E-state index >= 15 is 0 Å². The van der Waals surface area contributed by atoms with Crippen LogP contribution in [0.2, 0.25) is 0 Å². The molecular formula is C15H19FN2O2S. The Morgan fingerprint density at radius 1 is 1.19 bits per heavy atom. The fourth-order valence-corrected chi connectivity index (χ4v) is 3.08. The predicted molar refractivity (Wildman–Crippen MR) is 80.7 cm³/mol. The van der Waals surface area contributed by atoms with Gasteiger partial charge in [0.1, 0.15) is 5.82 Å². The van der Waals surface area contributed by atoms with Gasteiger partial charge in [0, 0.05) is 10.9 Å². The average molecular weight is 310 g/mol. The zero-order chi connectivity index (χ0) is 15.1. The Bertz CT molecular complexity index is 504. The van der Waals surface area contributed by atoms with Crippen LogP contribution in [0, 0.1) is 5.82 Å². The van der Waals surface area contributed by atoms with Gasteiger partial charge in [-0.3, -0.25) is 10.1 Å². The summed E-state index contributed by atoms with van der Waals surface area (Å²) in [5, 5.41) is 5.09. The molecule has 1 fully saturated rings. The van der Waals surface area contributed by atoms with Crippen molar-refractivity contribution in [3.05, 3.63) is 30.1 Å². The molecule has 2 N–H and O–H groups in total. The first-order chi connectivity index (χ1) is 10.1. The number of hydrogen-bond acceptors (Lipinski definition) is 3. The van der Waals surface area contributed by atoms with Crippen LogP contribution in [0.25, 0.3) is 0 Å². The van der Waals surface area contributed by atoms with Crippen molar-refractivity contribution in [1.29, 1.82) is 0 Å². The summed E-state index contributed by atoms with van der Waals surface area (Å²) >= 11 is 1.08. The Morgan fingerprint density at radius 2 is 1.90 bits per heavy atom. The van der Waals surface area contributed by atoms with E-state index in [0.29, 0.717) is 4.90 Å². The quantitative estimate of drug-likeness (QED) is 0.840. The number of imide groups is 1. The van der Waals surface area contributed by atoms with Gasteiger partial charge in [-0.2, -0.15) is 0 Å². The minimum atomic E-state index is -0.457. The molecule has 0 bridgehead atoms. The van der Waals surface area contributed by atoms with E-state index in [2.05, 4.69) is 10.6 Å². The summed E-state index contributed by atoms with van der Waals surface area (Å²) in [6.07, 6.45) is 5.36. The van der Waals surface area contributed by atoms with Crippen LogP contribution in [0.4, 0.5) is 9.18 Å². The molecule has 21 heavy (non-hydrogen) atoms. The first kappa shape index (κ1) is 15.8. The predicted octanol–water partition coefficient (Wildman–Crippen LogP) is 3.08. The number of halogens is 1. The first-order valence-corrected chi connectivity index (χ1v) is 8.11. The van der Waals surface area contributed by atoms with E-state index in [0.717, 1.165) is 37.4 Å². The van der Waals surface area contributed by atoms with Gasteiger partial charge < -0.3 is 5.32 Å². The lowest BCUT2D eigenvalue weighted by atomic mass is 9.96. The molecule has 1 aromatic rings. The molecule has 2 rings (SSSR count). The Kier molecular flexibility index (Phi) is 6.04. The molecule has 0 spiro atoms. The molecule has 0 radical (unpaired) electrons. The largest absolute Gasteiger partial charge is 0.335 e. The SMILES string of the molecule is O=C(CSc1ccccc1F)NC(=O)NC1CCCCC1. The van der Waals surface area contributed by atoms with Crippen molar-refractivity contribution in [2.24, 2.45) is 0 Å². The molecule has 4 nitrogen and oxygen atoms in total. The van der Waals surface area contributed by atoms with Crippen molar-refractivity contribution in [2.45, 2.75) is 43.0 Å². The molecule has 6 heteroatoms. The fraction of sp³-hybridized carbons (Fsp3) is 0.467. The van der Waals surface area contributed by atoms with E-state index in [1.165, 1.54) is 12.5 Å². The molecule has 0 saturated heterocycles. The fourth-order valence-electron chi connectivity index (χ4n) is 2.34. The molecule has 1 saturated carbocycles. The minimum absolute atomic E-state index is 0.0129. The van der Waals surface area contributed by atoms with Crippen molar-refractivity contribution in [3.63, 3.8) is 0 Å². The topological polar surface area (TPSA) is 58.2 Å². The lowest BCUT2D eigenvalue weighted by molar-refractivity contribution is -0.117. The Balaban J connectivity index is 1.71. The molecule has 3 amide bonds. The van der Waals surface area contributed by atoms with Gasteiger partial charge in [0.25, 0.3) is 0 Å². The summed E-state index contributed by atoms with van der Waals surface area (Å²) in [6, 6.07) is 5.95. The summed E-state index contributed by atoms with van der Waals surface area (Å²) in [4.78, 5) is 23.7. The Hall–Kier alpha value is -1.56. The van der Waals surface area contributed by atoms with E-state index in [9.17, 15) is 14.0 Å². The van der Waals surface area contributed by atoms with Crippen LogP contribution in [0.3, 0.4) is 0 Å². The molecule has 0 aromatic heterocycles. The second kappa shape index (κ2) is 8.02. The monoisotopic (exact) mass is 310 g/mol. The van der Waals surface area contributed by atoms with Crippen LogP contribution in [-0.4, -0.2) is 23.7 Å². The normalized spacial score (nSPS) is 15.5. The van der Waals surface area contributed by atoms with Gasteiger partial charge >= 0.3 is 6.03 Å². The van der Waals surface area contributed by atoms with Crippen LogP contribution in [0.1, 0.15) is 32.1 Å². The van der Waals surface area contributed by atoms with E-state index in [4.69, 9.17) is 0 Å². The van der Waals surface area contributed by atoms with Crippen LogP contribution >= 0.6 is 11.8 Å². The smallest absolute Gasteiger partial charge is 0.321 e. The lowest BCUT2D eigenvalue weighted by Crippen LogP contribution is -2.45. The van der Waals surface area contributed by atoms with Crippen molar-refractivity contribution in [2.75, 3.05) is 5.75 Å². The van der Waals surface area contributed by atoms with E-state index < -0.39 is 11.9 Å². The van der Waals surface area contributed by atoms with E-state index in [-0.39, 0.29) is 17.6 Å². The van der Waals surface area contributed by atoms with Gasteiger partial charge in [0.05, 0.1) is 5.75 Å². The van der Waals surface area contributed by atoms with Gasteiger partial charge in [0.15, 0.2) is 0 Å². The summed E-state index contributed by atoms with van der Waals surface area (Å²) in [5.74, 6) is -0.766. The number of carbonyl (C=O) groups is 2. The van der Waals surface area contributed by atoms with Gasteiger partial charge in [-0.05, 0) is 25.0 Å². The molecule has 0 aliphatic heterocycles. The third-order valence-electron chi connectivity index (χ3n) is 3.39. The van der Waals surface area contributed by atoms with Gasteiger partial charge in [0.2, 0.25) is 5.91 Å². The molecule has 1 aliphatic rings. The van der Waals surface area contributed by atoms with Crippen LogP contribution in [0.5, 0.6) is 0 Å². The van der Waals surface area contributed by atoms with Crippen LogP contribution < -0.4 is 10.6 Å². The molecule has 114 valence electrons. The standard InChI is InChI=1S/C15H19FN2O2S/c16-12-8-4-5-9-13(12)21-10-14(19)18-15(20)17-11-6-2-1-3-7-11/h4-5,8-9,11H,1-3,6-7,10H2,(H2,17,18,19,20). The number of thioether (sulfide) groups is 1. The maximum Gasteiger partial charge on any atom is 0.321 e. The number of benzene rings is 1. The highest BCUT2D eigenvalue weighted by Gasteiger charge is 2.17. The third-order valence-corrected chi connectivity index (χ3v) is 4.44. The molecule has 0 unspecified atom stereocenters. The van der Waals surface area contributed by atoms with Gasteiger partial charge in [-0.15, -0.1) is 11.8 Å². The Morgan fingerprint density at radius 3 is 2.62 bits per heavy atom. The average Bonchev–Trinajstić information content (AvgIpc) is 2.47. The van der Waals surface area contributed by atoms with Gasteiger partial charge in [-0.25, -0.2) is 9.18 Å². The van der Waals surface area contributed by atoms with Crippen LogP contribution in [-0.2, 0) is 4.79 Å². The van der Waals surface area contributed by atoms with E-state index in [1.54, 1.807) is 18.2 Å². The van der Waals surface area contributed by atoms with Gasteiger partial charge in [-0.1, -0.05) is 31.4 Å². The van der Waals surface area contributed by atoms with Crippen molar-refractivity contribution in [1.82, 2.24) is 10.6 Å². The first-order valence-electron chi connectivity index (χ1n) is 7.13. The van der Waals surface area contributed by atoms with Crippen LogP contribution in [0.15, 0.2) is 29.2 Å². The highest BCUT2D eigenvalue weighted by Crippen LogP contribution is 2.20. The number of nitrogens with one attached hydrogen (secondary N) is 2. The summed E-state index contributed by atoms with van der Waals surface area (Å²) in [7, 11) is 0. The van der Waals surface area contributed by atoms with Crippen molar-refractivity contribution in [3.8, 4) is 0 Å². The second-order valence-electron chi connectivity index (χ2n) is 5.08. The summed E-state index contributed by atoms with van der Waals surface area (Å²) in [5.41, 5.74) is 0. The van der Waals surface area contributed by atoms with Crippen molar-refractivity contribution < 1.29 is 14.0 Å². The lowest BCUT2D eigenvalue weighted by Gasteiger charge is -2.22. The number of rotatable bonds is 4. The highest BCUT2D eigenvalue weighted by atomic mass is 32.2. The maximum absolute atomic E-state index is 13.4. The minimum Gasteiger partial charge on any atom is -0.335 e. The number of carbonyl (C=O) groups excluding carboxylic acids is 2.